The quantitative estimate of drug-likeness (QED) is 0.327. The zero-order valence-electron chi connectivity index (χ0n) is 21.2. The second-order valence-corrected chi connectivity index (χ2v) is 10.4. The Morgan fingerprint density at radius 3 is 2.49 bits per heavy atom. The van der Waals surface area contributed by atoms with E-state index in [0.717, 1.165) is 4.80 Å². The van der Waals surface area contributed by atoms with Crippen molar-refractivity contribution in [1.82, 2.24) is 40.3 Å². The first kappa shape index (κ1) is 28.0. The van der Waals surface area contributed by atoms with Gasteiger partial charge in [0.1, 0.15) is 12.2 Å². The molecule has 0 aliphatic rings. The van der Waals surface area contributed by atoms with Crippen LogP contribution in [0.25, 0.3) is 5.82 Å². The Morgan fingerprint density at radius 1 is 1.10 bits per heavy atom. The standard InChI is InChI=1S/C24H23Cl2F2N9O2/c1-12-8-13(25)9-15(22(38)31-24(2,3)4)18(12)30-23(39)17-10-14(11-36-34-20(19(27)28)32-35-36)33-37(17)21-16(26)6-5-7-29-21/h5-10,19H,11H2,1-4H3,(H,30,39)(H,31,38). The Balaban J connectivity index is 1.74. The van der Waals surface area contributed by atoms with E-state index >= 15 is 0 Å². The molecule has 0 spiro atoms. The van der Waals surface area contributed by atoms with Crippen LogP contribution < -0.4 is 10.6 Å². The zero-order chi connectivity index (χ0) is 28.5. The number of aromatic nitrogens is 7. The number of aryl methyl sites for hydroxylation is 1. The largest absolute Gasteiger partial charge is 0.347 e. The van der Waals surface area contributed by atoms with Crippen LogP contribution in [0.2, 0.25) is 10.0 Å². The van der Waals surface area contributed by atoms with Gasteiger partial charge in [0.25, 0.3) is 11.8 Å². The summed E-state index contributed by atoms with van der Waals surface area (Å²) in [6, 6.07) is 7.66. The molecule has 0 saturated heterocycles. The summed E-state index contributed by atoms with van der Waals surface area (Å²) >= 11 is 12.5. The second kappa shape index (κ2) is 11.0. The van der Waals surface area contributed by atoms with Crippen LogP contribution >= 0.6 is 23.2 Å². The number of alkyl halides is 2. The van der Waals surface area contributed by atoms with Crippen molar-refractivity contribution in [3.63, 3.8) is 0 Å². The van der Waals surface area contributed by atoms with Crippen LogP contribution in [-0.4, -0.2) is 52.3 Å². The highest BCUT2D eigenvalue weighted by Crippen LogP contribution is 2.28. The highest BCUT2D eigenvalue weighted by atomic mass is 35.5. The molecule has 4 aromatic rings. The number of nitrogens with zero attached hydrogens (tertiary/aromatic N) is 7. The lowest BCUT2D eigenvalue weighted by Gasteiger charge is -2.22. The number of anilines is 1. The normalized spacial score (nSPS) is 11.6. The van der Waals surface area contributed by atoms with Crippen LogP contribution in [0, 0.1) is 6.92 Å². The fourth-order valence-electron chi connectivity index (χ4n) is 3.59. The third-order valence-corrected chi connectivity index (χ3v) is 5.68. The van der Waals surface area contributed by atoms with E-state index in [1.54, 1.807) is 25.1 Å². The van der Waals surface area contributed by atoms with Crippen LogP contribution in [0.3, 0.4) is 0 Å². The minimum atomic E-state index is -2.89. The number of pyridine rings is 1. The first-order valence-corrected chi connectivity index (χ1v) is 12.3. The van der Waals surface area contributed by atoms with Crippen molar-refractivity contribution < 1.29 is 18.4 Å². The minimum absolute atomic E-state index is 0.00340. The van der Waals surface area contributed by atoms with Gasteiger partial charge in [0.2, 0.25) is 5.82 Å². The Labute approximate surface area is 231 Å². The molecule has 204 valence electrons. The van der Waals surface area contributed by atoms with E-state index in [-0.39, 0.29) is 40.0 Å². The molecule has 0 bridgehead atoms. The van der Waals surface area contributed by atoms with E-state index in [9.17, 15) is 18.4 Å². The third kappa shape index (κ3) is 6.55. The number of benzene rings is 1. The number of halogens is 4. The summed E-state index contributed by atoms with van der Waals surface area (Å²) in [5.41, 5.74) is 0.638. The lowest BCUT2D eigenvalue weighted by Crippen LogP contribution is -2.41. The number of hydrogen-bond donors (Lipinski definition) is 2. The maximum absolute atomic E-state index is 13.6. The number of hydrogen-bond acceptors (Lipinski definition) is 7. The Kier molecular flexibility index (Phi) is 7.93. The van der Waals surface area contributed by atoms with Gasteiger partial charge in [0, 0.05) is 16.8 Å². The lowest BCUT2D eigenvalue weighted by molar-refractivity contribution is 0.0920. The molecule has 2 amide bonds. The molecule has 3 heterocycles. The molecule has 1 aromatic carbocycles. The molecule has 39 heavy (non-hydrogen) atoms. The van der Waals surface area contributed by atoms with Crippen LogP contribution in [0.5, 0.6) is 0 Å². The summed E-state index contributed by atoms with van der Waals surface area (Å²) in [5, 5.41) is 21.1. The minimum Gasteiger partial charge on any atom is -0.347 e. The van der Waals surface area contributed by atoms with Crippen molar-refractivity contribution in [2.24, 2.45) is 0 Å². The summed E-state index contributed by atoms with van der Waals surface area (Å²) in [4.78, 5) is 31.8. The summed E-state index contributed by atoms with van der Waals surface area (Å²) in [6.45, 7) is 7.00. The highest BCUT2D eigenvalue weighted by molar-refractivity contribution is 6.32. The predicted molar refractivity (Wildman–Crippen MR) is 140 cm³/mol. The van der Waals surface area contributed by atoms with Gasteiger partial charge in [-0.1, -0.05) is 23.2 Å². The number of carbonyl (C=O) groups excluding carboxylic acids is 2. The first-order valence-electron chi connectivity index (χ1n) is 11.5. The number of carbonyl (C=O) groups is 2. The Bertz CT molecular complexity index is 1550. The van der Waals surface area contributed by atoms with Crippen molar-refractivity contribution in [1.29, 1.82) is 0 Å². The van der Waals surface area contributed by atoms with Gasteiger partial charge in [0.15, 0.2) is 5.82 Å². The van der Waals surface area contributed by atoms with E-state index in [2.05, 4.69) is 36.1 Å². The molecule has 0 unspecified atom stereocenters. The molecule has 2 N–H and O–H groups in total. The predicted octanol–water partition coefficient (Wildman–Crippen LogP) is 4.64. The van der Waals surface area contributed by atoms with Gasteiger partial charge in [-0.2, -0.15) is 9.90 Å². The van der Waals surface area contributed by atoms with E-state index < -0.39 is 29.6 Å². The average molecular weight is 578 g/mol. The molecule has 0 radical (unpaired) electrons. The van der Waals surface area contributed by atoms with E-state index in [4.69, 9.17) is 23.2 Å². The van der Waals surface area contributed by atoms with Gasteiger partial charge in [-0.25, -0.2) is 18.4 Å². The molecule has 0 atom stereocenters. The maximum Gasteiger partial charge on any atom is 0.301 e. The van der Waals surface area contributed by atoms with Crippen LogP contribution in [0.15, 0.2) is 36.5 Å². The topological polar surface area (TPSA) is 133 Å². The highest BCUT2D eigenvalue weighted by Gasteiger charge is 2.25. The smallest absolute Gasteiger partial charge is 0.301 e. The Morgan fingerprint density at radius 2 is 1.85 bits per heavy atom. The molecular weight excluding hydrogens is 555 g/mol. The average Bonchev–Trinajstić information content (AvgIpc) is 3.47. The second-order valence-electron chi connectivity index (χ2n) is 9.52. The SMILES string of the molecule is Cc1cc(Cl)cc(C(=O)NC(C)(C)C)c1NC(=O)c1cc(Cn2nnc(C(F)F)n2)nn1-c1ncccc1Cl. The fourth-order valence-corrected chi connectivity index (χ4v) is 4.07. The maximum atomic E-state index is 13.6. The van der Waals surface area contributed by atoms with Crippen molar-refractivity contribution >= 4 is 40.7 Å². The van der Waals surface area contributed by atoms with Gasteiger partial charge >= 0.3 is 6.43 Å². The number of nitrogens with one attached hydrogen (secondary N) is 2. The molecule has 0 fully saturated rings. The molecule has 3 aromatic heterocycles. The van der Waals surface area contributed by atoms with Crippen LogP contribution in [0.1, 0.15) is 65.1 Å². The van der Waals surface area contributed by atoms with Crippen molar-refractivity contribution in [2.45, 2.75) is 46.2 Å². The monoisotopic (exact) mass is 577 g/mol. The van der Waals surface area contributed by atoms with E-state index in [1.807, 2.05) is 20.8 Å². The third-order valence-electron chi connectivity index (χ3n) is 5.17. The number of tetrazole rings is 1. The molecule has 0 aliphatic heterocycles. The van der Waals surface area contributed by atoms with Gasteiger partial charge in [-0.3, -0.25) is 9.59 Å². The van der Waals surface area contributed by atoms with Crippen LogP contribution in [-0.2, 0) is 6.54 Å². The summed E-state index contributed by atoms with van der Waals surface area (Å²) in [5.74, 6) is -1.67. The summed E-state index contributed by atoms with van der Waals surface area (Å²) in [6.07, 6.45) is -1.42. The van der Waals surface area contributed by atoms with Gasteiger partial charge in [-0.15, -0.1) is 10.2 Å². The molecule has 4 rings (SSSR count). The van der Waals surface area contributed by atoms with Crippen LogP contribution in [0.4, 0.5) is 14.5 Å². The fraction of sp³-hybridized carbons (Fsp3) is 0.292. The summed E-state index contributed by atoms with van der Waals surface area (Å²) in [7, 11) is 0. The van der Waals surface area contributed by atoms with Gasteiger partial charge in [0.05, 0.1) is 22.0 Å². The van der Waals surface area contributed by atoms with E-state index in [0.29, 0.717) is 10.6 Å². The molecule has 0 aliphatic carbocycles. The van der Waals surface area contributed by atoms with Gasteiger partial charge in [-0.05, 0) is 68.8 Å². The van der Waals surface area contributed by atoms with Crippen molar-refractivity contribution in [2.75, 3.05) is 5.32 Å². The molecule has 11 nitrogen and oxygen atoms in total. The Hall–Kier alpha value is -3.97. The van der Waals surface area contributed by atoms with Crippen molar-refractivity contribution in [3.8, 4) is 5.82 Å². The number of amides is 2. The molecule has 0 saturated carbocycles. The van der Waals surface area contributed by atoms with Gasteiger partial charge < -0.3 is 10.6 Å². The first-order chi connectivity index (χ1) is 18.3. The van der Waals surface area contributed by atoms with Crippen molar-refractivity contribution in [3.05, 3.63) is 74.9 Å². The lowest BCUT2D eigenvalue weighted by atomic mass is 10.0. The zero-order valence-corrected chi connectivity index (χ0v) is 22.7. The summed E-state index contributed by atoms with van der Waals surface area (Å²) < 4.78 is 27.0. The molecular formula is C24H23Cl2F2N9O2. The molecule has 15 heteroatoms. The number of rotatable bonds is 7. The van der Waals surface area contributed by atoms with E-state index in [1.165, 1.54) is 23.0 Å².